The summed E-state index contributed by atoms with van der Waals surface area (Å²) in [4.78, 5) is 37.1. The van der Waals surface area contributed by atoms with Crippen LogP contribution in [0.4, 0.5) is 5.69 Å². The van der Waals surface area contributed by atoms with Gasteiger partial charge in [-0.1, -0.05) is 18.2 Å². The molecule has 8 heteroatoms. The molecule has 0 aliphatic rings. The number of hydrogen-bond donors (Lipinski definition) is 2. The molecule has 28 heavy (non-hydrogen) atoms. The summed E-state index contributed by atoms with van der Waals surface area (Å²) < 4.78 is 4.65. The molecule has 7 nitrogen and oxygen atoms in total. The molecule has 2 aromatic carbocycles. The first-order valence-electron chi connectivity index (χ1n) is 8.40. The fraction of sp³-hybridized carbons (Fsp3) is 0.200. The van der Waals surface area contributed by atoms with Crippen LogP contribution >= 0.6 is 12.2 Å². The average Bonchev–Trinajstić information content (AvgIpc) is 2.68. The Hall–Kier alpha value is -3.26. The van der Waals surface area contributed by atoms with E-state index < -0.39 is 11.9 Å². The summed E-state index contributed by atoms with van der Waals surface area (Å²) in [5.41, 5.74) is 2.11. The molecule has 0 aliphatic heterocycles. The van der Waals surface area contributed by atoms with Gasteiger partial charge < -0.3 is 15.0 Å². The van der Waals surface area contributed by atoms with Crippen LogP contribution in [0.5, 0.6) is 0 Å². The maximum atomic E-state index is 12.3. The maximum absolute atomic E-state index is 12.3. The SMILES string of the molecule is COC(=O)c1cccc(C(=O)NC(=S)Nc2ccc(CC(=O)N(C)C)cc2)c1. The van der Waals surface area contributed by atoms with Crippen LogP contribution in [-0.4, -0.2) is 49.0 Å². The number of anilines is 1. The maximum Gasteiger partial charge on any atom is 0.337 e. The lowest BCUT2D eigenvalue weighted by molar-refractivity contribution is -0.127. The highest BCUT2D eigenvalue weighted by atomic mass is 32.1. The van der Waals surface area contributed by atoms with E-state index in [9.17, 15) is 14.4 Å². The lowest BCUT2D eigenvalue weighted by Gasteiger charge is -2.12. The smallest absolute Gasteiger partial charge is 0.337 e. The predicted octanol–water partition coefficient (Wildman–Crippen LogP) is 2.23. The van der Waals surface area contributed by atoms with Crippen LogP contribution in [-0.2, 0) is 16.0 Å². The van der Waals surface area contributed by atoms with Crippen LogP contribution in [0.2, 0.25) is 0 Å². The molecule has 0 spiro atoms. The number of carbonyl (C=O) groups excluding carboxylic acids is 3. The van der Waals surface area contributed by atoms with Gasteiger partial charge in [-0.05, 0) is 48.1 Å². The van der Waals surface area contributed by atoms with E-state index in [0.29, 0.717) is 12.1 Å². The number of nitrogens with zero attached hydrogens (tertiary/aromatic N) is 1. The standard InChI is InChI=1S/C20H21N3O4S/c1-23(2)17(24)11-13-7-9-16(10-8-13)21-20(28)22-18(25)14-5-4-6-15(12-14)19(26)27-3/h4-10,12H,11H2,1-3H3,(H2,21,22,25,28). The van der Waals surface area contributed by atoms with Crippen LogP contribution in [0.15, 0.2) is 48.5 Å². The van der Waals surface area contributed by atoms with Crippen molar-refractivity contribution in [3.05, 3.63) is 65.2 Å². The largest absolute Gasteiger partial charge is 0.465 e. The molecule has 0 aromatic heterocycles. The molecule has 0 saturated heterocycles. The van der Waals surface area contributed by atoms with Gasteiger partial charge in [0.1, 0.15) is 0 Å². The summed E-state index contributed by atoms with van der Waals surface area (Å²) in [6, 6.07) is 13.3. The van der Waals surface area contributed by atoms with Crippen molar-refractivity contribution in [1.29, 1.82) is 0 Å². The summed E-state index contributed by atoms with van der Waals surface area (Å²) in [6.07, 6.45) is 0.311. The van der Waals surface area contributed by atoms with Crippen molar-refractivity contribution >= 4 is 40.8 Å². The Morgan fingerprint density at radius 1 is 1.04 bits per heavy atom. The molecule has 2 aromatic rings. The number of esters is 1. The van der Waals surface area contributed by atoms with Gasteiger partial charge in [-0.2, -0.15) is 0 Å². The van der Waals surface area contributed by atoms with Crippen molar-refractivity contribution in [1.82, 2.24) is 10.2 Å². The first-order chi connectivity index (χ1) is 13.3. The van der Waals surface area contributed by atoms with Gasteiger partial charge >= 0.3 is 5.97 Å². The summed E-state index contributed by atoms with van der Waals surface area (Å²) in [7, 11) is 4.69. The highest BCUT2D eigenvalue weighted by Gasteiger charge is 2.12. The topological polar surface area (TPSA) is 87.7 Å². The van der Waals surface area contributed by atoms with E-state index in [1.165, 1.54) is 18.1 Å². The molecule has 0 aliphatic carbocycles. The number of amides is 2. The Bertz CT molecular complexity index is 895. The molecule has 0 radical (unpaired) electrons. The summed E-state index contributed by atoms with van der Waals surface area (Å²) in [5, 5.41) is 5.58. The monoisotopic (exact) mass is 399 g/mol. The minimum atomic E-state index is -0.525. The van der Waals surface area contributed by atoms with Crippen molar-refractivity contribution in [2.24, 2.45) is 0 Å². The molecule has 0 fully saturated rings. The summed E-state index contributed by atoms with van der Waals surface area (Å²) in [6.45, 7) is 0. The van der Waals surface area contributed by atoms with Gasteiger partial charge in [-0.15, -0.1) is 0 Å². The first-order valence-corrected chi connectivity index (χ1v) is 8.80. The number of likely N-dealkylation sites (N-methyl/N-ethyl adjacent to an activating group) is 1. The lowest BCUT2D eigenvalue weighted by atomic mass is 10.1. The highest BCUT2D eigenvalue weighted by molar-refractivity contribution is 7.80. The Labute approximate surface area is 168 Å². The highest BCUT2D eigenvalue weighted by Crippen LogP contribution is 2.11. The summed E-state index contributed by atoms with van der Waals surface area (Å²) in [5.74, 6) is -0.961. The van der Waals surface area contributed by atoms with Crippen LogP contribution in [0.3, 0.4) is 0 Å². The number of nitrogens with one attached hydrogen (secondary N) is 2. The van der Waals surface area contributed by atoms with Gasteiger partial charge in [-0.25, -0.2) is 4.79 Å². The second-order valence-corrected chi connectivity index (χ2v) is 6.55. The van der Waals surface area contributed by atoms with Crippen molar-refractivity contribution in [3.63, 3.8) is 0 Å². The quantitative estimate of drug-likeness (QED) is 0.592. The zero-order valence-corrected chi connectivity index (χ0v) is 16.6. The van der Waals surface area contributed by atoms with Crippen LogP contribution < -0.4 is 10.6 Å². The second kappa shape index (κ2) is 9.61. The van der Waals surface area contributed by atoms with Gasteiger partial charge in [-0.3, -0.25) is 14.9 Å². The van der Waals surface area contributed by atoms with Gasteiger partial charge in [0, 0.05) is 25.3 Å². The van der Waals surface area contributed by atoms with Gasteiger partial charge in [0.15, 0.2) is 5.11 Å². The van der Waals surface area contributed by atoms with Crippen molar-refractivity contribution < 1.29 is 19.1 Å². The Balaban J connectivity index is 1.95. The van der Waals surface area contributed by atoms with E-state index in [4.69, 9.17) is 12.2 Å². The van der Waals surface area contributed by atoms with Gasteiger partial charge in [0.25, 0.3) is 5.91 Å². The zero-order chi connectivity index (χ0) is 20.7. The number of ether oxygens (including phenoxy) is 1. The first kappa shape index (κ1) is 21.0. The van der Waals surface area contributed by atoms with Crippen LogP contribution in [0.25, 0.3) is 0 Å². The minimum absolute atomic E-state index is 0.0117. The molecule has 0 atom stereocenters. The fourth-order valence-electron chi connectivity index (χ4n) is 2.28. The Morgan fingerprint density at radius 2 is 1.68 bits per heavy atom. The third kappa shape index (κ3) is 5.88. The number of thiocarbonyl (C=S) groups is 1. The number of benzene rings is 2. The van der Waals surface area contributed by atoms with Gasteiger partial charge in [0.05, 0.1) is 19.1 Å². The third-order valence-corrected chi connectivity index (χ3v) is 4.04. The van der Waals surface area contributed by atoms with Crippen molar-refractivity contribution in [3.8, 4) is 0 Å². The Morgan fingerprint density at radius 3 is 2.29 bits per heavy atom. The van der Waals surface area contributed by atoms with Crippen LogP contribution in [0.1, 0.15) is 26.3 Å². The normalized spacial score (nSPS) is 9.96. The number of rotatable bonds is 5. The molecule has 2 amide bonds. The Kier molecular flexibility index (Phi) is 7.22. The van der Waals surface area contributed by atoms with Crippen molar-refractivity contribution in [2.75, 3.05) is 26.5 Å². The molecule has 2 rings (SSSR count). The fourth-order valence-corrected chi connectivity index (χ4v) is 2.49. The minimum Gasteiger partial charge on any atom is -0.465 e. The molecule has 146 valence electrons. The van der Waals surface area contributed by atoms with E-state index in [0.717, 1.165) is 5.56 Å². The van der Waals surface area contributed by atoms with E-state index >= 15 is 0 Å². The lowest BCUT2D eigenvalue weighted by Crippen LogP contribution is -2.34. The van der Waals surface area contributed by atoms with E-state index in [-0.39, 0.29) is 22.1 Å². The molecule has 0 saturated carbocycles. The molecule has 0 unspecified atom stereocenters. The van der Waals surface area contributed by atoms with E-state index in [1.807, 2.05) is 12.1 Å². The molecule has 0 heterocycles. The predicted molar refractivity (Wildman–Crippen MR) is 110 cm³/mol. The number of methoxy groups -OCH3 is 1. The molecule has 2 N–H and O–H groups in total. The molecule has 0 bridgehead atoms. The second-order valence-electron chi connectivity index (χ2n) is 6.14. The van der Waals surface area contributed by atoms with Crippen LogP contribution in [0, 0.1) is 0 Å². The average molecular weight is 399 g/mol. The third-order valence-electron chi connectivity index (χ3n) is 3.84. The zero-order valence-electron chi connectivity index (χ0n) is 15.8. The van der Waals surface area contributed by atoms with Gasteiger partial charge in [0.2, 0.25) is 5.91 Å². The summed E-state index contributed by atoms with van der Waals surface area (Å²) >= 11 is 5.16. The van der Waals surface area contributed by atoms with E-state index in [1.54, 1.807) is 44.4 Å². The van der Waals surface area contributed by atoms with E-state index in [2.05, 4.69) is 15.4 Å². The number of hydrogen-bond acceptors (Lipinski definition) is 5. The molecular weight excluding hydrogens is 378 g/mol. The van der Waals surface area contributed by atoms with Crippen molar-refractivity contribution in [2.45, 2.75) is 6.42 Å². The molecular formula is C20H21N3O4S. The number of carbonyl (C=O) groups is 3.